The summed E-state index contributed by atoms with van der Waals surface area (Å²) >= 11 is 6.22. The second-order valence-corrected chi connectivity index (χ2v) is 5.58. The molecule has 0 heterocycles. The molecule has 0 aliphatic rings. The molecule has 3 N–H and O–H groups in total. The summed E-state index contributed by atoms with van der Waals surface area (Å²) in [6.45, 7) is 5.98. The fraction of sp³-hybridized carbons (Fsp3) is 0.538. The fourth-order valence-corrected chi connectivity index (χ4v) is 2.11. The largest absolute Gasteiger partial charge is 0.389 e. The van der Waals surface area contributed by atoms with Crippen LogP contribution >= 0.6 is 11.6 Å². The quantitative estimate of drug-likeness (QED) is 0.871. The van der Waals surface area contributed by atoms with Gasteiger partial charge in [0.15, 0.2) is 0 Å². The normalized spacial score (nSPS) is 13.6. The molecule has 0 saturated carbocycles. The third-order valence-corrected chi connectivity index (χ3v) is 2.84. The van der Waals surface area contributed by atoms with Crippen LogP contribution in [0.2, 0.25) is 5.02 Å². The van der Waals surface area contributed by atoms with Crippen molar-refractivity contribution in [1.29, 1.82) is 0 Å². The summed E-state index contributed by atoms with van der Waals surface area (Å²) < 4.78 is 0. The van der Waals surface area contributed by atoms with E-state index in [2.05, 4.69) is 0 Å². The number of nitrogens with zero attached hydrogens (tertiary/aromatic N) is 1. The van der Waals surface area contributed by atoms with Crippen molar-refractivity contribution in [1.82, 2.24) is 0 Å². The summed E-state index contributed by atoms with van der Waals surface area (Å²) in [7, 11) is 1.91. The Bertz CT molecular complexity index is 385. The Kier molecular flexibility index (Phi) is 4.42. The van der Waals surface area contributed by atoms with E-state index in [-0.39, 0.29) is 6.04 Å². The predicted molar refractivity (Wildman–Crippen MR) is 73.6 cm³/mol. The van der Waals surface area contributed by atoms with E-state index in [1.54, 1.807) is 13.8 Å². The van der Waals surface area contributed by atoms with Crippen molar-refractivity contribution in [2.75, 3.05) is 18.5 Å². The zero-order valence-electron chi connectivity index (χ0n) is 10.9. The van der Waals surface area contributed by atoms with E-state index in [1.165, 1.54) is 0 Å². The van der Waals surface area contributed by atoms with Gasteiger partial charge in [-0.25, -0.2) is 0 Å². The Labute approximate surface area is 108 Å². The Morgan fingerprint density at radius 3 is 2.47 bits per heavy atom. The molecular weight excluding hydrogens is 236 g/mol. The molecule has 0 aromatic heterocycles. The van der Waals surface area contributed by atoms with Gasteiger partial charge in [0.05, 0.1) is 16.3 Å². The average molecular weight is 257 g/mol. The van der Waals surface area contributed by atoms with Crippen molar-refractivity contribution in [3.63, 3.8) is 0 Å². The minimum Gasteiger partial charge on any atom is -0.389 e. The molecule has 96 valence electrons. The van der Waals surface area contributed by atoms with Gasteiger partial charge < -0.3 is 15.7 Å². The van der Waals surface area contributed by atoms with E-state index in [1.807, 2.05) is 37.1 Å². The van der Waals surface area contributed by atoms with Crippen LogP contribution in [0.1, 0.15) is 32.4 Å². The van der Waals surface area contributed by atoms with Crippen LogP contribution in [0, 0.1) is 0 Å². The molecule has 0 saturated heterocycles. The van der Waals surface area contributed by atoms with Gasteiger partial charge in [-0.3, -0.25) is 0 Å². The molecule has 0 radical (unpaired) electrons. The first kappa shape index (κ1) is 14.3. The maximum absolute atomic E-state index is 9.78. The van der Waals surface area contributed by atoms with Crippen LogP contribution < -0.4 is 10.6 Å². The van der Waals surface area contributed by atoms with Crippen LogP contribution in [0.15, 0.2) is 18.2 Å². The van der Waals surface area contributed by atoms with Crippen molar-refractivity contribution in [2.45, 2.75) is 32.4 Å². The molecule has 0 unspecified atom stereocenters. The van der Waals surface area contributed by atoms with Gasteiger partial charge >= 0.3 is 0 Å². The Morgan fingerprint density at radius 2 is 2.06 bits per heavy atom. The standard InChI is InChI=1S/C13H21ClN2O/c1-9(15)10-5-6-12(11(14)7-10)16(4)8-13(2,3)17/h5-7,9,17H,8,15H2,1-4H3/t9-/m1/s1. The molecule has 0 spiro atoms. The highest BCUT2D eigenvalue weighted by Gasteiger charge is 2.17. The van der Waals surface area contributed by atoms with Crippen molar-refractivity contribution < 1.29 is 5.11 Å². The van der Waals surface area contributed by atoms with E-state index in [0.717, 1.165) is 11.3 Å². The summed E-state index contributed by atoms with van der Waals surface area (Å²) in [6.07, 6.45) is 0. The molecule has 1 rings (SSSR count). The third-order valence-electron chi connectivity index (χ3n) is 2.53. The average Bonchev–Trinajstić information content (AvgIpc) is 2.14. The maximum atomic E-state index is 9.78. The first-order chi connectivity index (χ1) is 7.70. The molecule has 0 bridgehead atoms. The number of hydrogen-bond donors (Lipinski definition) is 2. The van der Waals surface area contributed by atoms with Crippen LogP contribution in [0.5, 0.6) is 0 Å². The van der Waals surface area contributed by atoms with E-state index in [4.69, 9.17) is 17.3 Å². The van der Waals surface area contributed by atoms with E-state index < -0.39 is 5.60 Å². The summed E-state index contributed by atoms with van der Waals surface area (Å²) in [5.74, 6) is 0. The van der Waals surface area contributed by atoms with Gasteiger partial charge in [-0.1, -0.05) is 17.7 Å². The van der Waals surface area contributed by atoms with Gasteiger partial charge in [0.25, 0.3) is 0 Å². The number of likely N-dealkylation sites (N-methyl/N-ethyl adjacent to an activating group) is 1. The van der Waals surface area contributed by atoms with Gasteiger partial charge in [-0.05, 0) is 38.5 Å². The second-order valence-electron chi connectivity index (χ2n) is 5.17. The first-order valence-corrected chi connectivity index (χ1v) is 6.07. The molecule has 17 heavy (non-hydrogen) atoms. The monoisotopic (exact) mass is 256 g/mol. The number of anilines is 1. The summed E-state index contributed by atoms with van der Waals surface area (Å²) in [6, 6.07) is 5.75. The van der Waals surface area contributed by atoms with Crippen LogP contribution in [0.3, 0.4) is 0 Å². The lowest BCUT2D eigenvalue weighted by molar-refractivity contribution is 0.0886. The second kappa shape index (κ2) is 5.25. The van der Waals surface area contributed by atoms with Gasteiger partial charge in [-0.2, -0.15) is 0 Å². The number of nitrogens with two attached hydrogens (primary N) is 1. The Hall–Kier alpha value is -0.770. The number of aliphatic hydroxyl groups is 1. The zero-order chi connectivity index (χ0) is 13.2. The van der Waals surface area contributed by atoms with Gasteiger partial charge in [-0.15, -0.1) is 0 Å². The molecule has 0 fully saturated rings. The predicted octanol–water partition coefficient (Wildman–Crippen LogP) is 2.57. The molecular formula is C13H21ClN2O. The zero-order valence-corrected chi connectivity index (χ0v) is 11.6. The van der Waals surface area contributed by atoms with E-state index >= 15 is 0 Å². The van der Waals surface area contributed by atoms with Crippen LogP contribution in [0.25, 0.3) is 0 Å². The minimum atomic E-state index is -0.752. The molecule has 0 aliphatic heterocycles. The topological polar surface area (TPSA) is 49.5 Å². The van der Waals surface area contributed by atoms with Crippen molar-refractivity contribution in [3.8, 4) is 0 Å². The fourth-order valence-electron chi connectivity index (χ4n) is 1.78. The smallest absolute Gasteiger partial charge is 0.0765 e. The molecule has 1 aromatic carbocycles. The molecule has 0 aliphatic carbocycles. The first-order valence-electron chi connectivity index (χ1n) is 5.69. The summed E-state index contributed by atoms with van der Waals surface area (Å²) in [5.41, 5.74) is 6.96. The van der Waals surface area contributed by atoms with E-state index in [0.29, 0.717) is 11.6 Å². The van der Waals surface area contributed by atoms with Gasteiger partial charge in [0, 0.05) is 19.6 Å². The lowest BCUT2D eigenvalue weighted by Gasteiger charge is -2.28. The number of hydrogen-bond acceptors (Lipinski definition) is 3. The summed E-state index contributed by atoms with van der Waals surface area (Å²) in [4.78, 5) is 1.94. The Morgan fingerprint density at radius 1 is 1.47 bits per heavy atom. The van der Waals surface area contributed by atoms with Crippen molar-refractivity contribution >= 4 is 17.3 Å². The molecule has 0 amide bonds. The number of benzene rings is 1. The maximum Gasteiger partial charge on any atom is 0.0765 e. The number of rotatable bonds is 4. The van der Waals surface area contributed by atoms with E-state index in [9.17, 15) is 5.11 Å². The molecule has 1 aromatic rings. The Balaban J connectivity index is 2.92. The molecule has 1 atom stereocenters. The van der Waals surface area contributed by atoms with Gasteiger partial charge in [0.2, 0.25) is 0 Å². The van der Waals surface area contributed by atoms with Gasteiger partial charge in [0.1, 0.15) is 0 Å². The SMILES string of the molecule is C[C@@H](N)c1ccc(N(C)CC(C)(C)O)c(Cl)c1. The van der Waals surface area contributed by atoms with Crippen molar-refractivity contribution in [3.05, 3.63) is 28.8 Å². The minimum absolute atomic E-state index is 0.0267. The highest BCUT2D eigenvalue weighted by Crippen LogP contribution is 2.28. The third kappa shape index (κ3) is 4.19. The van der Waals surface area contributed by atoms with Crippen molar-refractivity contribution in [2.24, 2.45) is 5.73 Å². The van der Waals surface area contributed by atoms with Crippen LogP contribution in [-0.2, 0) is 0 Å². The van der Waals surface area contributed by atoms with Crippen LogP contribution in [0.4, 0.5) is 5.69 Å². The molecule has 4 heteroatoms. The highest BCUT2D eigenvalue weighted by atomic mass is 35.5. The molecule has 3 nitrogen and oxygen atoms in total. The number of halogens is 1. The van der Waals surface area contributed by atoms with Crippen LogP contribution in [-0.4, -0.2) is 24.3 Å². The summed E-state index contributed by atoms with van der Waals surface area (Å²) in [5, 5.41) is 10.4. The highest BCUT2D eigenvalue weighted by molar-refractivity contribution is 6.33. The lowest BCUT2D eigenvalue weighted by atomic mass is 10.1. The lowest BCUT2D eigenvalue weighted by Crippen LogP contribution is -2.36.